The maximum Gasteiger partial charge on any atom is 0.407 e. The van der Waals surface area contributed by atoms with Gasteiger partial charge in [0.05, 0.1) is 18.5 Å². The molecule has 0 saturated heterocycles. The molecule has 0 aromatic heterocycles. The van der Waals surface area contributed by atoms with E-state index in [1.165, 1.54) is 0 Å². The van der Waals surface area contributed by atoms with Crippen LogP contribution in [0.5, 0.6) is 0 Å². The predicted molar refractivity (Wildman–Crippen MR) is 137 cm³/mol. The van der Waals surface area contributed by atoms with E-state index >= 15 is 0 Å². The van der Waals surface area contributed by atoms with E-state index in [2.05, 4.69) is 22.8 Å². The Bertz CT molecular complexity index is 1050. The molecule has 3 N–H and O–H groups in total. The van der Waals surface area contributed by atoms with E-state index in [1.807, 2.05) is 50.2 Å². The average molecular weight is 497 g/mol. The summed E-state index contributed by atoms with van der Waals surface area (Å²) in [6, 6.07) is 14.5. The fourth-order valence-corrected chi connectivity index (χ4v) is 4.56. The van der Waals surface area contributed by atoms with Crippen molar-refractivity contribution in [2.24, 2.45) is 5.92 Å². The third kappa shape index (κ3) is 7.23. The van der Waals surface area contributed by atoms with Gasteiger partial charge in [-0.25, -0.2) is 9.59 Å². The number of ether oxygens (including phenoxy) is 2. The molecule has 0 fully saturated rings. The summed E-state index contributed by atoms with van der Waals surface area (Å²) in [6.07, 6.45) is -1.33. The summed E-state index contributed by atoms with van der Waals surface area (Å²) >= 11 is 0. The smallest absolute Gasteiger partial charge is 0.407 e. The van der Waals surface area contributed by atoms with Crippen molar-refractivity contribution in [2.45, 2.75) is 71.1 Å². The Balaban J connectivity index is 1.71. The first-order chi connectivity index (χ1) is 16.9. The molecule has 0 radical (unpaired) electrons. The maximum absolute atomic E-state index is 12.9. The molecule has 2 atom stereocenters. The summed E-state index contributed by atoms with van der Waals surface area (Å²) in [5.74, 6) is -1.09. The van der Waals surface area contributed by atoms with E-state index in [9.17, 15) is 19.5 Å². The Morgan fingerprint density at radius 1 is 0.889 bits per heavy atom. The van der Waals surface area contributed by atoms with Gasteiger partial charge in [0.2, 0.25) is 0 Å². The first-order valence-electron chi connectivity index (χ1n) is 12.3. The minimum absolute atomic E-state index is 0.105. The minimum Gasteiger partial charge on any atom is -0.481 e. The van der Waals surface area contributed by atoms with Crippen LogP contribution in [-0.4, -0.2) is 47.6 Å². The van der Waals surface area contributed by atoms with Crippen LogP contribution in [0.2, 0.25) is 0 Å². The third-order valence-electron chi connectivity index (χ3n) is 5.95. The number of carboxylic acid groups (broad SMARTS) is 1. The molecule has 1 aliphatic rings. The number of fused-ring (bicyclic) bond motifs is 3. The first-order valence-corrected chi connectivity index (χ1v) is 12.3. The second-order valence-corrected chi connectivity index (χ2v) is 10.6. The van der Waals surface area contributed by atoms with Crippen LogP contribution < -0.4 is 10.6 Å². The number of hydrogen-bond acceptors (Lipinski definition) is 5. The molecule has 8 heteroatoms. The first kappa shape index (κ1) is 27.0. The molecule has 0 aliphatic heterocycles. The van der Waals surface area contributed by atoms with Gasteiger partial charge in [-0.15, -0.1) is 0 Å². The van der Waals surface area contributed by atoms with E-state index in [-0.39, 0.29) is 24.9 Å². The molecule has 0 spiro atoms. The van der Waals surface area contributed by atoms with Gasteiger partial charge >= 0.3 is 18.2 Å². The van der Waals surface area contributed by atoms with Gasteiger partial charge in [-0.1, -0.05) is 62.4 Å². The van der Waals surface area contributed by atoms with Crippen LogP contribution >= 0.6 is 0 Å². The van der Waals surface area contributed by atoms with Gasteiger partial charge in [-0.2, -0.15) is 0 Å². The molecule has 8 nitrogen and oxygen atoms in total. The van der Waals surface area contributed by atoms with Crippen LogP contribution in [0.4, 0.5) is 9.59 Å². The number of carbonyl (C=O) groups is 3. The number of nitrogens with one attached hydrogen (secondary N) is 2. The summed E-state index contributed by atoms with van der Waals surface area (Å²) in [7, 11) is 0. The normalized spacial score (nSPS) is 14.4. The second-order valence-electron chi connectivity index (χ2n) is 10.6. The van der Waals surface area contributed by atoms with Crippen molar-refractivity contribution in [1.29, 1.82) is 0 Å². The van der Waals surface area contributed by atoms with Gasteiger partial charge in [0.25, 0.3) is 0 Å². The molecule has 36 heavy (non-hydrogen) atoms. The molecular formula is C28H36N2O6. The predicted octanol–water partition coefficient (Wildman–Crippen LogP) is 5.31. The molecule has 2 amide bonds. The van der Waals surface area contributed by atoms with Crippen LogP contribution in [0.1, 0.15) is 64.5 Å². The number of hydrogen-bond donors (Lipinski definition) is 3. The van der Waals surface area contributed by atoms with Crippen molar-refractivity contribution < 1.29 is 29.0 Å². The SMILES string of the molecule is CC(C)C[C@H](NC(=O)OC(C)(C)C)[C@H](CC(=O)O)NC(=O)OCC1c2ccccc2-c2ccccc21. The number of carboxylic acids is 1. The Hall–Kier alpha value is -3.55. The van der Waals surface area contributed by atoms with Gasteiger partial charge in [-0.3, -0.25) is 4.79 Å². The van der Waals surface area contributed by atoms with Crippen molar-refractivity contribution in [1.82, 2.24) is 10.6 Å². The van der Waals surface area contributed by atoms with Gasteiger partial charge in [0, 0.05) is 5.92 Å². The Labute approximate surface area is 212 Å². The summed E-state index contributed by atoms with van der Waals surface area (Å²) in [6.45, 7) is 9.24. The van der Waals surface area contributed by atoms with Crippen LogP contribution in [0, 0.1) is 5.92 Å². The molecule has 1 aliphatic carbocycles. The fraction of sp³-hybridized carbons (Fsp3) is 0.464. The topological polar surface area (TPSA) is 114 Å². The standard InChI is InChI=1S/C28H36N2O6/c1-17(2)14-23(30-27(34)36-28(3,4)5)24(15-25(31)32)29-26(33)35-16-22-20-12-8-6-10-18(20)19-11-7-9-13-21(19)22/h6-13,17,22-24H,14-16H2,1-5H3,(H,29,33)(H,30,34)(H,31,32)/t23-,24-/m0/s1. The molecule has 194 valence electrons. The highest BCUT2D eigenvalue weighted by Gasteiger charge is 2.32. The lowest BCUT2D eigenvalue weighted by Gasteiger charge is -2.30. The Morgan fingerprint density at radius 3 is 1.92 bits per heavy atom. The summed E-state index contributed by atoms with van der Waals surface area (Å²) < 4.78 is 11.0. The van der Waals surface area contributed by atoms with Gasteiger partial charge < -0.3 is 25.2 Å². The zero-order valence-electron chi connectivity index (χ0n) is 21.5. The maximum atomic E-state index is 12.9. The van der Waals surface area contributed by atoms with Gasteiger partial charge in [-0.05, 0) is 55.4 Å². The van der Waals surface area contributed by atoms with Gasteiger partial charge in [0.1, 0.15) is 12.2 Å². The molecule has 0 saturated carbocycles. The van der Waals surface area contributed by atoms with Crippen LogP contribution in [0.15, 0.2) is 48.5 Å². The molecule has 2 aromatic rings. The number of benzene rings is 2. The summed E-state index contributed by atoms with van der Waals surface area (Å²) in [4.78, 5) is 36.9. The summed E-state index contributed by atoms with van der Waals surface area (Å²) in [5, 5.41) is 14.9. The number of carbonyl (C=O) groups excluding carboxylic acids is 2. The van der Waals surface area contributed by atoms with Crippen molar-refractivity contribution in [3.8, 4) is 11.1 Å². The molecule has 3 rings (SSSR count). The van der Waals surface area contributed by atoms with Gasteiger partial charge in [0.15, 0.2) is 0 Å². The van der Waals surface area contributed by atoms with Crippen LogP contribution in [0.3, 0.4) is 0 Å². The van der Waals surface area contributed by atoms with E-state index in [4.69, 9.17) is 9.47 Å². The lowest BCUT2D eigenvalue weighted by molar-refractivity contribution is -0.137. The second kappa shape index (κ2) is 11.5. The molecule has 0 bridgehead atoms. The number of rotatable bonds is 9. The van der Waals surface area contributed by atoms with Crippen molar-refractivity contribution >= 4 is 18.2 Å². The van der Waals surface area contributed by atoms with Crippen molar-refractivity contribution in [3.63, 3.8) is 0 Å². The number of alkyl carbamates (subject to hydrolysis) is 2. The quantitative estimate of drug-likeness (QED) is 0.434. The zero-order valence-corrected chi connectivity index (χ0v) is 21.5. The van der Waals surface area contributed by atoms with Crippen LogP contribution in [0.25, 0.3) is 11.1 Å². The number of aliphatic carboxylic acids is 1. The Kier molecular flexibility index (Phi) is 8.61. The molecule has 0 unspecified atom stereocenters. The van der Waals surface area contributed by atoms with E-state index in [0.717, 1.165) is 22.3 Å². The van der Waals surface area contributed by atoms with E-state index in [1.54, 1.807) is 20.8 Å². The molecular weight excluding hydrogens is 460 g/mol. The zero-order chi connectivity index (χ0) is 26.5. The van der Waals surface area contributed by atoms with Crippen molar-refractivity contribution in [2.75, 3.05) is 6.61 Å². The van der Waals surface area contributed by atoms with E-state index < -0.39 is 35.8 Å². The highest BCUT2D eigenvalue weighted by Crippen LogP contribution is 2.44. The summed E-state index contributed by atoms with van der Waals surface area (Å²) in [5.41, 5.74) is 3.68. The number of amides is 2. The minimum atomic E-state index is -1.10. The van der Waals surface area contributed by atoms with Crippen LogP contribution in [-0.2, 0) is 14.3 Å². The Morgan fingerprint density at radius 2 is 1.42 bits per heavy atom. The fourth-order valence-electron chi connectivity index (χ4n) is 4.56. The van der Waals surface area contributed by atoms with E-state index in [0.29, 0.717) is 6.42 Å². The monoisotopic (exact) mass is 496 g/mol. The average Bonchev–Trinajstić information content (AvgIpc) is 3.09. The highest BCUT2D eigenvalue weighted by atomic mass is 16.6. The largest absolute Gasteiger partial charge is 0.481 e. The lowest BCUT2D eigenvalue weighted by Crippen LogP contribution is -2.54. The highest BCUT2D eigenvalue weighted by molar-refractivity contribution is 5.79. The molecule has 0 heterocycles. The lowest BCUT2D eigenvalue weighted by atomic mass is 9.95. The molecule has 2 aromatic carbocycles. The third-order valence-corrected chi connectivity index (χ3v) is 5.95. The van der Waals surface area contributed by atoms with Crippen molar-refractivity contribution in [3.05, 3.63) is 59.7 Å².